The number of carbonyl (C=O) groups is 2. The zero-order valence-electron chi connectivity index (χ0n) is 17.6. The first kappa shape index (κ1) is 22.2. The van der Waals surface area contributed by atoms with Crippen molar-refractivity contribution in [1.82, 2.24) is 15.0 Å². The second-order valence-corrected chi connectivity index (χ2v) is 6.95. The molecule has 0 radical (unpaired) electrons. The van der Waals surface area contributed by atoms with Crippen LogP contribution in [0.2, 0.25) is 0 Å². The number of ether oxygens (including phenoxy) is 2. The predicted molar refractivity (Wildman–Crippen MR) is 116 cm³/mol. The van der Waals surface area contributed by atoms with Gasteiger partial charge in [0.15, 0.2) is 0 Å². The molecule has 0 amide bonds. The van der Waals surface area contributed by atoms with Crippen LogP contribution in [0, 0.1) is 6.92 Å². The Kier molecular flexibility index (Phi) is 7.50. The largest absolute Gasteiger partial charge is 0.478 e. The van der Waals surface area contributed by atoms with Gasteiger partial charge in [0, 0.05) is 19.2 Å². The molecule has 8 nitrogen and oxygen atoms in total. The minimum Gasteiger partial charge on any atom is -0.478 e. The van der Waals surface area contributed by atoms with Crippen molar-refractivity contribution in [2.75, 3.05) is 13.2 Å². The number of nitrogens with zero attached hydrogens (tertiary/aromatic N) is 3. The van der Waals surface area contributed by atoms with E-state index in [1.807, 2.05) is 23.7 Å². The first-order valence-electron chi connectivity index (χ1n) is 10.1. The molecule has 0 aliphatic heterocycles. The van der Waals surface area contributed by atoms with Gasteiger partial charge in [-0.3, -0.25) is 0 Å². The van der Waals surface area contributed by atoms with Gasteiger partial charge in [0.2, 0.25) is 0 Å². The van der Waals surface area contributed by atoms with Crippen LogP contribution in [0.1, 0.15) is 40.4 Å². The zero-order chi connectivity index (χ0) is 22.2. The lowest BCUT2D eigenvalue weighted by atomic mass is 10.1. The van der Waals surface area contributed by atoms with Gasteiger partial charge in [-0.1, -0.05) is 23.4 Å². The van der Waals surface area contributed by atoms with Crippen LogP contribution < -0.4 is 0 Å². The van der Waals surface area contributed by atoms with Crippen LogP contribution in [-0.2, 0) is 27.4 Å². The lowest BCUT2D eigenvalue weighted by Gasteiger charge is -2.06. The molecule has 0 aliphatic rings. The molecule has 0 fully saturated rings. The van der Waals surface area contributed by atoms with Crippen LogP contribution in [-0.4, -0.2) is 45.3 Å². The third kappa shape index (κ3) is 5.76. The molecule has 1 heterocycles. The van der Waals surface area contributed by atoms with Crippen molar-refractivity contribution < 1.29 is 24.2 Å². The standard InChI is InChI=1S/C23H25N3O5/c1-3-31-21(27)12-10-18-9-11-20-22(16(18)2)24-25-26(20)13-4-14-30-15-17-5-7-19(8-6-17)23(28)29/h5-12H,3-4,13-15H2,1-2H3,(H,28,29)/b12-10+. The number of carboxylic acid groups (broad SMARTS) is 1. The molecule has 1 aromatic heterocycles. The van der Waals surface area contributed by atoms with E-state index in [1.54, 1.807) is 37.3 Å². The Morgan fingerprint density at radius 2 is 1.94 bits per heavy atom. The van der Waals surface area contributed by atoms with E-state index in [-0.39, 0.29) is 11.5 Å². The number of benzene rings is 2. The van der Waals surface area contributed by atoms with Crippen molar-refractivity contribution in [2.45, 2.75) is 33.4 Å². The lowest BCUT2D eigenvalue weighted by molar-refractivity contribution is -0.137. The lowest BCUT2D eigenvalue weighted by Crippen LogP contribution is -2.05. The van der Waals surface area contributed by atoms with Gasteiger partial charge < -0.3 is 14.6 Å². The maximum absolute atomic E-state index is 11.5. The fourth-order valence-electron chi connectivity index (χ4n) is 3.13. The highest BCUT2D eigenvalue weighted by Crippen LogP contribution is 2.21. The van der Waals surface area contributed by atoms with Crippen molar-refractivity contribution in [3.63, 3.8) is 0 Å². The number of rotatable bonds is 10. The Labute approximate surface area is 180 Å². The highest BCUT2D eigenvalue weighted by molar-refractivity contribution is 5.89. The molecule has 0 saturated heterocycles. The Bertz CT molecular complexity index is 1090. The van der Waals surface area contributed by atoms with Crippen LogP contribution in [0.15, 0.2) is 42.5 Å². The van der Waals surface area contributed by atoms with Crippen molar-refractivity contribution in [2.24, 2.45) is 0 Å². The molecule has 0 atom stereocenters. The van der Waals surface area contributed by atoms with E-state index in [9.17, 15) is 9.59 Å². The number of esters is 1. The SMILES string of the molecule is CCOC(=O)/C=C/c1ccc2c(nnn2CCCOCc2ccc(C(=O)O)cc2)c1C. The Balaban J connectivity index is 1.53. The first-order chi connectivity index (χ1) is 15.0. The zero-order valence-corrected chi connectivity index (χ0v) is 17.6. The normalized spacial score (nSPS) is 11.3. The third-order valence-electron chi connectivity index (χ3n) is 4.80. The van der Waals surface area contributed by atoms with Crippen molar-refractivity contribution in [1.29, 1.82) is 0 Å². The minimum atomic E-state index is -0.940. The summed E-state index contributed by atoms with van der Waals surface area (Å²) in [6.07, 6.45) is 3.90. The second-order valence-electron chi connectivity index (χ2n) is 6.95. The molecule has 0 bridgehead atoms. The first-order valence-corrected chi connectivity index (χ1v) is 10.1. The second kappa shape index (κ2) is 10.5. The number of aryl methyl sites for hydroxylation is 2. The monoisotopic (exact) mass is 423 g/mol. The van der Waals surface area contributed by atoms with Gasteiger partial charge >= 0.3 is 11.9 Å². The quantitative estimate of drug-likeness (QED) is 0.302. The summed E-state index contributed by atoms with van der Waals surface area (Å²) in [6.45, 7) is 5.69. The van der Waals surface area contributed by atoms with Crippen LogP contribution >= 0.6 is 0 Å². The van der Waals surface area contributed by atoms with Crippen molar-refractivity contribution in [3.05, 3.63) is 64.7 Å². The van der Waals surface area contributed by atoms with Gasteiger partial charge in [-0.15, -0.1) is 5.10 Å². The topological polar surface area (TPSA) is 104 Å². The molecular weight excluding hydrogens is 398 g/mol. The summed E-state index contributed by atoms with van der Waals surface area (Å²) in [7, 11) is 0. The number of carbonyl (C=O) groups excluding carboxylic acids is 1. The Morgan fingerprint density at radius 1 is 1.16 bits per heavy atom. The van der Waals surface area contributed by atoms with Gasteiger partial charge in [-0.2, -0.15) is 0 Å². The van der Waals surface area contributed by atoms with Gasteiger partial charge in [0.05, 0.1) is 24.3 Å². The van der Waals surface area contributed by atoms with E-state index in [4.69, 9.17) is 14.6 Å². The fraction of sp³-hybridized carbons (Fsp3) is 0.304. The molecule has 3 aromatic rings. The summed E-state index contributed by atoms with van der Waals surface area (Å²) >= 11 is 0. The average molecular weight is 423 g/mol. The van der Waals surface area contributed by atoms with Crippen molar-refractivity contribution >= 4 is 29.0 Å². The van der Waals surface area contributed by atoms with Crippen molar-refractivity contribution in [3.8, 4) is 0 Å². The van der Waals surface area contributed by atoms with E-state index < -0.39 is 5.97 Å². The number of hydrogen-bond donors (Lipinski definition) is 1. The highest BCUT2D eigenvalue weighted by atomic mass is 16.5. The van der Waals surface area contributed by atoms with E-state index in [2.05, 4.69) is 10.3 Å². The van der Waals surface area contributed by atoms with Gasteiger partial charge in [0.1, 0.15) is 5.52 Å². The highest BCUT2D eigenvalue weighted by Gasteiger charge is 2.10. The smallest absolute Gasteiger partial charge is 0.335 e. The minimum absolute atomic E-state index is 0.261. The van der Waals surface area contributed by atoms with Crippen LogP contribution in [0.5, 0.6) is 0 Å². The molecule has 2 aromatic carbocycles. The van der Waals surface area contributed by atoms with E-state index in [1.165, 1.54) is 6.08 Å². The van der Waals surface area contributed by atoms with Crippen LogP contribution in [0.3, 0.4) is 0 Å². The number of aromatic nitrogens is 3. The molecule has 3 rings (SSSR count). The predicted octanol–water partition coefficient (Wildman–Crippen LogP) is 3.62. The summed E-state index contributed by atoms with van der Waals surface area (Å²) in [6, 6.07) is 10.5. The maximum atomic E-state index is 11.5. The summed E-state index contributed by atoms with van der Waals surface area (Å²) in [5, 5.41) is 17.5. The third-order valence-corrected chi connectivity index (χ3v) is 4.80. The fourth-order valence-corrected chi connectivity index (χ4v) is 3.13. The molecule has 8 heteroatoms. The van der Waals surface area contributed by atoms with E-state index >= 15 is 0 Å². The number of hydrogen-bond acceptors (Lipinski definition) is 6. The maximum Gasteiger partial charge on any atom is 0.335 e. The molecule has 0 aliphatic carbocycles. The molecule has 31 heavy (non-hydrogen) atoms. The summed E-state index contributed by atoms with van der Waals surface area (Å²) in [5.74, 6) is -1.31. The number of fused-ring (bicyclic) bond motifs is 1. The van der Waals surface area contributed by atoms with E-state index in [0.717, 1.165) is 34.1 Å². The Morgan fingerprint density at radius 3 is 2.65 bits per heavy atom. The van der Waals surface area contributed by atoms with Gasteiger partial charge in [0.25, 0.3) is 0 Å². The number of aromatic carboxylic acids is 1. The van der Waals surface area contributed by atoms with Crippen LogP contribution in [0.4, 0.5) is 0 Å². The molecule has 0 spiro atoms. The summed E-state index contributed by atoms with van der Waals surface area (Å²) in [5.41, 5.74) is 4.75. The summed E-state index contributed by atoms with van der Waals surface area (Å²) < 4.78 is 12.4. The Hall–Kier alpha value is -3.52. The molecule has 1 N–H and O–H groups in total. The van der Waals surface area contributed by atoms with Gasteiger partial charge in [-0.25, -0.2) is 14.3 Å². The molecule has 0 saturated carbocycles. The molecular formula is C23H25N3O5. The van der Waals surface area contributed by atoms with E-state index in [0.29, 0.717) is 26.4 Å². The van der Waals surface area contributed by atoms with Gasteiger partial charge in [-0.05, 0) is 61.2 Å². The average Bonchev–Trinajstić information content (AvgIpc) is 3.17. The summed E-state index contributed by atoms with van der Waals surface area (Å²) in [4.78, 5) is 22.4. The number of carboxylic acids is 1. The molecule has 162 valence electrons. The molecule has 0 unspecified atom stereocenters. The van der Waals surface area contributed by atoms with Crippen LogP contribution in [0.25, 0.3) is 17.1 Å².